The number of halogens is 1. The average Bonchev–Trinajstić information content (AvgIpc) is 2.55. The first-order valence-corrected chi connectivity index (χ1v) is 7.18. The molecular formula is C17H14FN3O4. The lowest BCUT2D eigenvalue weighted by molar-refractivity contribution is 0.101. The molecule has 1 heterocycles. The topological polar surface area (TPSA) is 105 Å². The number of Topliss-reactive ketones (excluding diaryl/α,β-unsaturated/α-hetero) is 1. The molecule has 1 atom stereocenters. The minimum absolute atomic E-state index is 0.0968. The fraction of sp³-hybridized carbons (Fsp3) is 0.176. The van der Waals surface area contributed by atoms with E-state index in [1.165, 1.54) is 13.0 Å². The molecule has 2 rings (SSSR count). The predicted molar refractivity (Wildman–Crippen MR) is 87.5 cm³/mol. The Balaban J connectivity index is 3.01. The van der Waals surface area contributed by atoms with E-state index in [-0.39, 0.29) is 11.3 Å². The number of carbonyl (C=O) groups is 1. The number of nitrogens with zero attached hydrogens (tertiary/aromatic N) is 3. The van der Waals surface area contributed by atoms with Gasteiger partial charge in [0.15, 0.2) is 5.78 Å². The van der Waals surface area contributed by atoms with Crippen LogP contribution in [-0.2, 0) is 0 Å². The second-order valence-corrected chi connectivity index (χ2v) is 5.30. The minimum Gasteiger partial charge on any atom is -0.494 e. The van der Waals surface area contributed by atoms with Gasteiger partial charge in [0, 0.05) is 0 Å². The van der Waals surface area contributed by atoms with Crippen LogP contribution >= 0.6 is 0 Å². The Bertz CT molecular complexity index is 1040. The molecule has 1 aromatic heterocycles. The molecule has 0 amide bonds. The third-order valence-electron chi connectivity index (χ3n) is 3.70. The third-order valence-corrected chi connectivity index (χ3v) is 3.70. The highest BCUT2D eigenvalue weighted by molar-refractivity contribution is 5.95. The maximum atomic E-state index is 13.5. The van der Waals surface area contributed by atoms with Crippen LogP contribution in [0.5, 0.6) is 5.88 Å². The third kappa shape index (κ3) is 2.87. The first-order chi connectivity index (χ1) is 11.7. The maximum absolute atomic E-state index is 13.5. The van der Waals surface area contributed by atoms with Crippen LogP contribution < -0.4 is 11.2 Å². The summed E-state index contributed by atoms with van der Waals surface area (Å²) in [7, 11) is 0. The zero-order valence-electron chi connectivity index (χ0n) is 13.5. The SMILES string of the molecule is C=CC(C)n1c(O)c(C(C)=O)c(=O)n(-c2ccc(F)c(C#N)c2)c1=O. The van der Waals surface area contributed by atoms with E-state index in [0.29, 0.717) is 4.57 Å². The van der Waals surface area contributed by atoms with Crippen LogP contribution in [0.25, 0.3) is 5.69 Å². The highest BCUT2D eigenvalue weighted by Gasteiger charge is 2.24. The molecule has 0 radical (unpaired) electrons. The summed E-state index contributed by atoms with van der Waals surface area (Å²) < 4.78 is 14.9. The van der Waals surface area contributed by atoms with Gasteiger partial charge in [0.05, 0.1) is 17.3 Å². The number of aromatic nitrogens is 2. The molecule has 0 aliphatic heterocycles. The lowest BCUT2D eigenvalue weighted by atomic mass is 10.1. The molecule has 7 nitrogen and oxygen atoms in total. The summed E-state index contributed by atoms with van der Waals surface area (Å²) in [5.41, 5.74) is -3.06. The smallest absolute Gasteiger partial charge is 0.339 e. The molecule has 8 heteroatoms. The molecule has 128 valence electrons. The van der Waals surface area contributed by atoms with Crippen molar-refractivity contribution < 1.29 is 14.3 Å². The van der Waals surface area contributed by atoms with Crippen molar-refractivity contribution in [2.75, 3.05) is 0 Å². The maximum Gasteiger partial charge on any atom is 0.339 e. The van der Waals surface area contributed by atoms with E-state index in [1.807, 2.05) is 0 Å². The van der Waals surface area contributed by atoms with Crippen molar-refractivity contribution in [1.29, 1.82) is 5.26 Å². The van der Waals surface area contributed by atoms with Gasteiger partial charge in [-0.05, 0) is 32.0 Å². The Hall–Kier alpha value is -3.47. The van der Waals surface area contributed by atoms with E-state index in [9.17, 15) is 23.9 Å². The second-order valence-electron chi connectivity index (χ2n) is 5.30. The number of benzene rings is 1. The van der Waals surface area contributed by atoms with Crippen LogP contribution in [0.4, 0.5) is 4.39 Å². The van der Waals surface area contributed by atoms with Crippen LogP contribution in [-0.4, -0.2) is 20.0 Å². The van der Waals surface area contributed by atoms with Crippen LogP contribution in [0, 0.1) is 17.1 Å². The molecule has 0 saturated carbocycles. The van der Waals surface area contributed by atoms with Gasteiger partial charge in [-0.1, -0.05) is 6.08 Å². The van der Waals surface area contributed by atoms with Crippen molar-refractivity contribution in [2.24, 2.45) is 0 Å². The monoisotopic (exact) mass is 343 g/mol. The molecule has 0 bridgehead atoms. The molecule has 25 heavy (non-hydrogen) atoms. The molecule has 1 N–H and O–H groups in total. The van der Waals surface area contributed by atoms with Gasteiger partial charge in [0.1, 0.15) is 17.4 Å². The number of hydrogen-bond acceptors (Lipinski definition) is 5. The summed E-state index contributed by atoms with van der Waals surface area (Å²) in [4.78, 5) is 37.1. The first kappa shape index (κ1) is 17.9. The largest absolute Gasteiger partial charge is 0.494 e. The number of carbonyl (C=O) groups excluding carboxylic acids is 1. The molecule has 1 aromatic carbocycles. The summed E-state index contributed by atoms with van der Waals surface area (Å²) >= 11 is 0. The number of allylic oxidation sites excluding steroid dienone is 1. The summed E-state index contributed by atoms with van der Waals surface area (Å²) in [5.74, 6) is -2.33. The Labute approximate surface area is 141 Å². The lowest BCUT2D eigenvalue weighted by Gasteiger charge is -2.17. The highest BCUT2D eigenvalue weighted by Crippen LogP contribution is 2.19. The lowest BCUT2D eigenvalue weighted by Crippen LogP contribution is -2.42. The number of rotatable bonds is 4. The predicted octanol–water partition coefficient (Wildman–Crippen LogP) is 1.67. The van der Waals surface area contributed by atoms with E-state index < -0.39 is 40.3 Å². The van der Waals surface area contributed by atoms with Crippen LogP contribution in [0.1, 0.15) is 35.8 Å². The van der Waals surface area contributed by atoms with Gasteiger partial charge in [0.25, 0.3) is 5.56 Å². The molecule has 0 spiro atoms. The Morgan fingerprint density at radius 2 is 2.08 bits per heavy atom. The summed E-state index contributed by atoms with van der Waals surface area (Å²) in [6.07, 6.45) is 1.34. The van der Waals surface area contributed by atoms with Crippen molar-refractivity contribution in [3.63, 3.8) is 0 Å². The van der Waals surface area contributed by atoms with E-state index in [2.05, 4.69) is 6.58 Å². The van der Waals surface area contributed by atoms with Crippen LogP contribution in [0.3, 0.4) is 0 Å². The highest BCUT2D eigenvalue weighted by atomic mass is 19.1. The van der Waals surface area contributed by atoms with Crippen molar-refractivity contribution in [3.05, 3.63) is 68.6 Å². The summed E-state index contributed by atoms with van der Waals surface area (Å²) in [6, 6.07) is 3.96. The van der Waals surface area contributed by atoms with Gasteiger partial charge < -0.3 is 5.11 Å². The van der Waals surface area contributed by atoms with Gasteiger partial charge in [0.2, 0.25) is 5.88 Å². The molecule has 0 fully saturated rings. The van der Waals surface area contributed by atoms with Gasteiger partial charge in [-0.25, -0.2) is 13.8 Å². The minimum atomic E-state index is -1.06. The van der Waals surface area contributed by atoms with Gasteiger partial charge in [-0.2, -0.15) is 5.26 Å². The molecule has 1 unspecified atom stereocenters. The van der Waals surface area contributed by atoms with E-state index >= 15 is 0 Å². The van der Waals surface area contributed by atoms with Gasteiger partial charge in [-0.3, -0.25) is 14.2 Å². The first-order valence-electron chi connectivity index (χ1n) is 7.18. The van der Waals surface area contributed by atoms with Crippen LogP contribution in [0.15, 0.2) is 40.4 Å². The normalized spacial score (nSPS) is 11.6. The standard InChI is InChI=1S/C17H14FN3O4/c1-4-9(2)20-15(23)14(10(3)22)16(24)21(17(20)25)12-5-6-13(18)11(7-12)8-19/h4-7,9,23H,1H2,2-3H3. The Morgan fingerprint density at radius 3 is 2.60 bits per heavy atom. The van der Waals surface area contributed by atoms with Crippen molar-refractivity contribution in [1.82, 2.24) is 9.13 Å². The van der Waals surface area contributed by atoms with E-state index in [1.54, 1.807) is 6.07 Å². The van der Waals surface area contributed by atoms with Gasteiger partial charge in [-0.15, -0.1) is 6.58 Å². The Kier molecular flexibility index (Phi) is 4.70. The molecular weight excluding hydrogens is 329 g/mol. The summed E-state index contributed by atoms with van der Waals surface area (Å²) in [6.45, 7) is 6.12. The zero-order valence-corrected chi connectivity index (χ0v) is 13.5. The number of nitriles is 1. The molecule has 0 aliphatic carbocycles. The molecule has 0 saturated heterocycles. The van der Waals surface area contributed by atoms with Crippen molar-refractivity contribution >= 4 is 5.78 Å². The number of ketones is 1. The number of hydrogen-bond donors (Lipinski definition) is 1. The average molecular weight is 343 g/mol. The van der Waals surface area contributed by atoms with E-state index in [0.717, 1.165) is 29.7 Å². The van der Waals surface area contributed by atoms with Gasteiger partial charge >= 0.3 is 5.69 Å². The number of aromatic hydroxyl groups is 1. The van der Waals surface area contributed by atoms with E-state index in [4.69, 9.17) is 5.26 Å². The second kappa shape index (κ2) is 6.57. The summed E-state index contributed by atoms with van der Waals surface area (Å²) in [5, 5.41) is 19.1. The fourth-order valence-electron chi connectivity index (χ4n) is 2.36. The molecule has 0 aliphatic rings. The van der Waals surface area contributed by atoms with Crippen molar-refractivity contribution in [2.45, 2.75) is 19.9 Å². The van der Waals surface area contributed by atoms with Crippen LogP contribution in [0.2, 0.25) is 0 Å². The fourth-order valence-corrected chi connectivity index (χ4v) is 2.36. The Morgan fingerprint density at radius 1 is 1.44 bits per heavy atom. The quantitative estimate of drug-likeness (QED) is 0.671. The van der Waals surface area contributed by atoms with Crippen molar-refractivity contribution in [3.8, 4) is 17.6 Å². The zero-order chi connectivity index (χ0) is 18.9. The molecule has 2 aromatic rings.